The van der Waals surface area contributed by atoms with Gasteiger partial charge in [-0.25, -0.2) is 0 Å². The second-order valence-electron chi connectivity index (χ2n) is 15.4. The first-order valence-electron chi connectivity index (χ1n) is 21.1. The molecule has 2 saturated heterocycles. The van der Waals surface area contributed by atoms with E-state index < -0.39 is 122 Å². The Balaban J connectivity index is 1.37. The smallest absolute Gasteiger partial charge is 0.303 e. The fraction of sp³-hybridized carbons (Fsp3) is 0.417. The molecule has 0 saturated carbocycles. The Morgan fingerprint density at radius 1 is 0.441 bits per heavy atom. The molecule has 0 bridgehead atoms. The number of benzene rings is 3. The number of esters is 8. The number of carbonyl (C=O) groups excluding carboxylic acids is 8. The van der Waals surface area contributed by atoms with Crippen LogP contribution in [0, 0.1) is 0 Å². The molecule has 0 amide bonds. The van der Waals surface area contributed by atoms with Crippen LogP contribution in [0.15, 0.2) is 73.3 Å². The zero-order chi connectivity index (χ0) is 49.8. The third kappa shape index (κ3) is 14.1. The molecule has 3 aromatic carbocycles. The van der Waals surface area contributed by atoms with Gasteiger partial charge in [-0.05, 0) is 58.1 Å². The molecule has 20 nitrogen and oxygen atoms in total. The number of hydrogen-bond donors (Lipinski definition) is 0. The molecule has 68 heavy (non-hydrogen) atoms. The molecule has 3 aromatic rings. The van der Waals surface area contributed by atoms with Crippen LogP contribution < -0.4 is 9.47 Å². The first kappa shape index (κ1) is 51.7. The molecule has 0 N–H and O–H groups in total. The fourth-order valence-electron chi connectivity index (χ4n) is 7.45. The predicted octanol–water partition coefficient (Wildman–Crippen LogP) is 4.59. The maximum Gasteiger partial charge on any atom is 0.303 e. The van der Waals surface area contributed by atoms with Gasteiger partial charge in [-0.1, -0.05) is 49.1 Å². The van der Waals surface area contributed by atoms with Crippen LogP contribution in [0.2, 0.25) is 0 Å². The molecule has 2 heterocycles. The Kier molecular flexibility index (Phi) is 17.8. The average Bonchev–Trinajstić information content (AvgIpc) is 3.25. The molecule has 2 aliphatic heterocycles. The minimum absolute atomic E-state index is 0.248. The summed E-state index contributed by atoms with van der Waals surface area (Å²) in [7, 11) is 0. The van der Waals surface area contributed by atoms with Crippen LogP contribution in [0.25, 0.3) is 28.3 Å². The van der Waals surface area contributed by atoms with E-state index in [0.29, 0.717) is 0 Å². The molecule has 0 unspecified atom stereocenters. The van der Waals surface area contributed by atoms with Crippen molar-refractivity contribution >= 4 is 53.8 Å². The van der Waals surface area contributed by atoms with E-state index >= 15 is 0 Å². The number of carbonyl (C=O) groups is 8. The van der Waals surface area contributed by atoms with Crippen molar-refractivity contribution in [1.29, 1.82) is 0 Å². The lowest BCUT2D eigenvalue weighted by Gasteiger charge is -2.43. The van der Waals surface area contributed by atoms with Crippen molar-refractivity contribution in [3.8, 4) is 33.8 Å². The van der Waals surface area contributed by atoms with Crippen LogP contribution in [0.3, 0.4) is 0 Å². The first-order valence-corrected chi connectivity index (χ1v) is 21.1. The third-order valence-corrected chi connectivity index (χ3v) is 10.0. The predicted molar refractivity (Wildman–Crippen MR) is 233 cm³/mol. The van der Waals surface area contributed by atoms with Crippen molar-refractivity contribution in [2.75, 3.05) is 13.2 Å². The molecule has 2 aliphatic rings. The molecular weight excluding hydrogens is 897 g/mol. The van der Waals surface area contributed by atoms with Crippen LogP contribution in [0.5, 0.6) is 11.5 Å². The van der Waals surface area contributed by atoms with E-state index in [9.17, 15) is 38.4 Å². The molecular formula is C48H52O20. The van der Waals surface area contributed by atoms with Crippen LogP contribution >= 0.6 is 0 Å². The molecule has 2 fully saturated rings. The highest BCUT2D eigenvalue weighted by Crippen LogP contribution is 2.36. The van der Waals surface area contributed by atoms with Gasteiger partial charge in [0.05, 0.1) is 0 Å². The van der Waals surface area contributed by atoms with Crippen molar-refractivity contribution in [3.63, 3.8) is 0 Å². The van der Waals surface area contributed by atoms with E-state index in [4.69, 9.17) is 56.8 Å². The summed E-state index contributed by atoms with van der Waals surface area (Å²) in [6, 6.07) is 19.3. The van der Waals surface area contributed by atoms with Gasteiger partial charge in [0.1, 0.15) is 36.9 Å². The molecule has 0 radical (unpaired) electrons. The second-order valence-corrected chi connectivity index (χ2v) is 15.4. The largest absolute Gasteiger partial charge is 0.463 e. The Hall–Kier alpha value is -7.32. The lowest BCUT2D eigenvalue weighted by molar-refractivity contribution is -0.288. The lowest BCUT2D eigenvalue weighted by atomic mass is 9.95. The standard InChI is InChI=1S/C48H52O20/c1-10-32-21-35(33-11-16-36(17-12-33)65-47-45(63-30(8)55)43(61-28(6)53)41(59-26(4)51)39(67-47)22-57-24(2)49)15-20-38(32)34-13-18-37(19-14-34)66-48-46(64-31(9)56)44(62-29(7)54)42(60-27(5)52)40(68-48)23-58-25(3)50/h10-21,39-48H,1,22-23H2,2-9H3/t39-,40-,41+,42+,43+,44+,45-,46-,47-,48-/m1/s1. The zero-order valence-electron chi connectivity index (χ0n) is 38.5. The molecule has 0 aliphatic carbocycles. The normalized spacial score (nSPS) is 24.1. The summed E-state index contributed by atoms with van der Waals surface area (Å²) >= 11 is 0. The van der Waals surface area contributed by atoms with E-state index in [2.05, 4.69) is 6.58 Å². The highest BCUT2D eigenvalue weighted by atomic mass is 16.7. The van der Waals surface area contributed by atoms with E-state index in [1.165, 1.54) is 13.8 Å². The topological polar surface area (TPSA) is 247 Å². The Bertz CT molecular complexity index is 2340. The maximum absolute atomic E-state index is 12.3. The lowest BCUT2D eigenvalue weighted by Crippen LogP contribution is -2.63. The van der Waals surface area contributed by atoms with E-state index in [-0.39, 0.29) is 11.5 Å². The van der Waals surface area contributed by atoms with Crippen LogP contribution in [-0.2, 0) is 85.7 Å². The highest BCUT2D eigenvalue weighted by molar-refractivity contribution is 5.80. The van der Waals surface area contributed by atoms with Crippen molar-refractivity contribution in [1.82, 2.24) is 0 Å². The van der Waals surface area contributed by atoms with Gasteiger partial charge in [0.25, 0.3) is 0 Å². The van der Waals surface area contributed by atoms with Gasteiger partial charge in [0.15, 0.2) is 24.4 Å². The summed E-state index contributed by atoms with van der Waals surface area (Å²) in [6.45, 7) is 12.3. The summed E-state index contributed by atoms with van der Waals surface area (Å²) in [4.78, 5) is 96.6. The van der Waals surface area contributed by atoms with Gasteiger partial charge in [0.2, 0.25) is 24.8 Å². The minimum Gasteiger partial charge on any atom is -0.463 e. The van der Waals surface area contributed by atoms with E-state index in [0.717, 1.165) is 69.4 Å². The number of ether oxygens (including phenoxy) is 12. The number of hydrogen-bond acceptors (Lipinski definition) is 20. The third-order valence-electron chi connectivity index (χ3n) is 10.0. The summed E-state index contributed by atoms with van der Waals surface area (Å²) in [5, 5.41) is 0. The van der Waals surface area contributed by atoms with Crippen molar-refractivity contribution in [2.24, 2.45) is 0 Å². The van der Waals surface area contributed by atoms with Crippen molar-refractivity contribution in [2.45, 2.75) is 117 Å². The van der Waals surface area contributed by atoms with Crippen molar-refractivity contribution in [3.05, 3.63) is 78.9 Å². The van der Waals surface area contributed by atoms with Crippen molar-refractivity contribution < 1.29 is 95.2 Å². The minimum atomic E-state index is -1.42. The van der Waals surface area contributed by atoms with Gasteiger partial charge in [-0.15, -0.1) is 0 Å². The Morgan fingerprint density at radius 2 is 0.779 bits per heavy atom. The monoisotopic (exact) mass is 948 g/mol. The molecule has 10 atom stereocenters. The molecule has 20 heteroatoms. The quantitative estimate of drug-likeness (QED) is 0.133. The Labute approximate surface area is 390 Å². The summed E-state index contributed by atoms with van der Waals surface area (Å²) in [6.07, 6.45) is -11.9. The molecule has 5 rings (SSSR count). The first-order chi connectivity index (χ1) is 32.2. The van der Waals surface area contributed by atoms with Crippen LogP contribution in [0.4, 0.5) is 0 Å². The fourth-order valence-corrected chi connectivity index (χ4v) is 7.45. The van der Waals surface area contributed by atoms with E-state index in [1.54, 1.807) is 54.6 Å². The van der Waals surface area contributed by atoms with Crippen LogP contribution in [0.1, 0.15) is 61.0 Å². The summed E-state index contributed by atoms with van der Waals surface area (Å²) < 4.78 is 67.6. The molecule has 0 spiro atoms. The highest BCUT2D eigenvalue weighted by Gasteiger charge is 2.55. The second kappa shape index (κ2) is 23.4. The zero-order valence-corrected chi connectivity index (χ0v) is 38.5. The number of rotatable bonds is 17. The van der Waals surface area contributed by atoms with Gasteiger partial charge >= 0.3 is 47.8 Å². The van der Waals surface area contributed by atoms with Gasteiger partial charge < -0.3 is 56.8 Å². The SMILES string of the molecule is C=Cc1cc(-c2ccc(O[C@@H]3O[C@H](COC(C)=O)[C@H](OC(C)=O)[C@H](OC(C)=O)[C@H]3OC(C)=O)cc2)ccc1-c1ccc(O[C@@H]2O[C@H](COC(C)=O)[C@H](OC(C)=O)[C@H](OC(C)=O)[C@H]2OC(C)=O)cc1. The summed E-state index contributed by atoms with van der Waals surface area (Å²) in [5.41, 5.74) is 3.88. The van der Waals surface area contributed by atoms with Gasteiger partial charge in [-0.2, -0.15) is 0 Å². The van der Waals surface area contributed by atoms with E-state index in [1.807, 2.05) is 18.2 Å². The van der Waals surface area contributed by atoms with Crippen LogP contribution in [-0.4, -0.2) is 122 Å². The average molecular weight is 949 g/mol. The van der Waals surface area contributed by atoms with Gasteiger partial charge in [0, 0.05) is 55.4 Å². The molecule has 0 aromatic heterocycles. The van der Waals surface area contributed by atoms with Gasteiger partial charge in [-0.3, -0.25) is 38.4 Å². The Morgan fingerprint density at radius 3 is 1.13 bits per heavy atom. The maximum atomic E-state index is 12.3. The molecule has 364 valence electrons. The summed E-state index contributed by atoms with van der Waals surface area (Å²) in [5.74, 6) is -5.43.